The highest BCUT2D eigenvalue weighted by Crippen LogP contribution is 2.41. The van der Waals surface area contributed by atoms with Gasteiger partial charge in [0, 0.05) is 10.4 Å². The zero-order valence-electron chi connectivity index (χ0n) is 11.9. The lowest BCUT2D eigenvalue weighted by Crippen LogP contribution is -1.88. The predicted molar refractivity (Wildman–Crippen MR) is 91.7 cm³/mol. The van der Waals surface area contributed by atoms with Crippen LogP contribution in [0.5, 0.6) is 0 Å². The minimum Gasteiger partial charge on any atom is -0.207 e. The van der Waals surface area contributed by atoms with Crippen LogP contribution in [-0.2, 0) is 0 Å². The van der Waals surface area contributed by atoms with Gasteiger partial charge in [-0.05, 0) is 35.6 Å². The highest BCUT2D eigenvalue weighted by atomic mass is 35.5. The zero-order valence-corrected chi connectivity index (χ0v) is 14.3. The number of benzene rings is 1. The first-order chi connectivity index (χ1) is 9.97. The third-order valence-corrected chi connectivity index (χ3v) is 4.96. The van der Waals surface area contributed by atoms with Gasteiger partial charge in [0.25, 0.3) is 0 Å². The van der Waals surface area contributed by atoms with Gasteiger partial charge >= 0.3 is 0 Å². The molecule has 5 heteroatoms. The Kier molecular flexibility index (Phi) is 3.91. The fourth-order valence-electron chi connectivity index (χ4n) is 2.43. The maximum atomic E-state index is 6.28. The predicted octanol–water partition coefficient (Wildman–Crippen LogP) is 6.10. The molecule has 0 radical (unpaired) electrons. The van der Waals surface area contributed by atoms with Crippen LogP contribution in [0.25, 0.3) is 21.3 Å². The molecule has 1 aromatic carbocycles. The highest BCUT2D eigenvalue weighted by molar-refractivity contribution is 7.19. The second-order valence-electron chi connectivity index (χ2n) is 5.27. The van der Waals surface area contributed by atoms with Crippen molar-refractivity contribution < 1.29 is 0 Å². The molecule has 0 amide bonds. The van der Waals surface area contributed by atoms with Crippen LogP contribution in [-0.4, -0.2) is 9.97 Å². The Labute approximate surface area is 137 Å². The molecule has 21 heavy (non-hydrogen) atoms. The summed E-state index contributed by atoms with van der Waals surface area (Å²) in [6, 6.07) is 8.59. The monoisotopic (exact) mass is 336 g/mol. The first kappa shape index (κ1) is 14.8. The molecule has 0 fully saturated rings. The summed E-state index contributed by atoms with van der Waals surface area (Å²) in [5, 5.41) is 1.49. The summed E-state index contributed by atoms with van der Waals surface area (Å²) in [5.41, 5.74) is 3.56. The number of aromatic nitrogens is 2. The Morgan fingerprint density at radius 2 is 1.71 bits per heavy atom. The Bertz CT molecular complexity index is 807. The molecular formula is C16H14Cl2N2S. The SMILES string of the molecule is Cc1sc2nc(Cl)nc(Cl)c2c1-c1ccc(C(C)C)cc1. The first-order valence-corrected chi connectivity index (χ1v) is 8.27. The molecule has 0 spiro atoms. The highest BCUT2D eigenvalue weighted by Gasteiger charge is 2.17. The molecule has 0 atom stereocenters. The van der Waals surface area contributed by atoms with E-state index in [9.17, 15) is 0 Å². The number of hydrogen-bond donors (Lipinski definition) is 0. The third kappa shape index (κ3) is 2.66. The molecule has 0 bridgehead atoms. The Balaban J connectivity index is 2.22. The lowest BCUT2D eigenvalue weighted by atomic mass is 9.98. The van der Waals surface area contributed by atoms with Crippen LogP contribution in [0.2, 0.25) is 10.4 Å². The van der Waals surface area contributed by atoms with E-state index < -0.39 is 0 Å². The van der Waals surface area contributed by atoms with Gasteiger partial charge in [0.2, 0.25) is 5.28 Å². The summed E-state index contributed by atoms with van der Waals surface area (Å²) in [4.78, 5) is 10.4. The van der Waals surface area contributed by atoms with E-state index in [2.05, 4.69) is 55.0 Å². The molecule has 0 unspecified atom stereocenters. The number of aryl methyl sites for hydroxylation is 1. The Morgan fingerprint density at radius 1 is 1.05 bits per heavy atom. The van der Waals surface area contributed by atoms with Gasteiger partial charge in [-0.15, -0.1) is 11.3 Å². The van der Waals surface area contributed by atoms with E-state index in [1.54, 1.807) is 11.3 Å². The van der Waals surface area contributed by atoms with Gasteiger partial charge in [-0.2, -0.15) is 0 Å². The lowest BCUT2D eigenvalue weighted by Gasteiger charge is -2.08. The van der Waals surface area contributed by atoms with Crippen LogP contribution in [0.4, 0.5) is 0 Å². The Hall–Kier alpha value is -1.16. The van der Waals surface area contributed by atoms with Gasteiger partial charge in [0.05, 0.1) is 5.39 Å². The number of nitrogens with zero attached hydrogens (tertiary/aromatic N) is 2. The number of thiophene rings is 1. The number of hydrogen-bond acceptors (Lipinski definition) is 3. The summed E-state index contributed by atoms with van der Waals surface area (Å²) in [7, 11) is 0. The van der Waals surface area contributed by atoms with Crippen molar-refractivity contribution in [2.75, 3.05) is 0 Å². The van der Waals surface area contributed by atoms with Crippen molar-refractivity contribution in [3.8, 4) is 11.1 Å². The van der Waals surface area contributed by atoms with Gasteiger partial charge in [0.1, 0.15) is 9.98 Å². The minimum atomic E-state index is 0.190. The van der Waals surface area contributed by atoms with Crippen molar-refractivity contribution in [2.24, 2.45) is 0 Å². The minimum absolute atomic E-state index is 0.190. The van der Waals surface area contributed by atoms with Crippen LogP contribution < -0.4 is 0 Å². The normalized spacial score (nSPS) is 11.5. The maximum Gasteiger partial charge on any atom is 0.225 e. The molecule has 0 N–H and O–H groups in total. The molecule has 0 saturated carbocycles. The summed E-state index contributed by atoms with van der Waals surface area (Å²) >= 11 is 13.8. The van der Waals surface area contributed by atoms with Crippen molar-refractivity contribution in [1.82, 2.24) is 9.97 Å². The summed E-state index contributed by atoms with van der Waals surface area (Å²) in [6.07, 6.45) is 0. The molecular weight excluding hydrogens is 323 g/mol. The van der Waals surface area contributed by atoms with Crippen LogP contribution in [0, 0.1) is 6.92 Å². The molecule has 0 aliphatic carbocycles. The second kappa shape index (κ2) is 5.56. The van der Waals surface area contributed by atoms with Crippen LogP contribution >= 0.6 is 34.5 Å². The molecule has 0 aliphatic rings. The molecule has 2 nitrogen and oxygen atoms in total. The molecule has 0 saturated heterocycles. The van der Waals surface area contributed by atoms with E-state index in [-0.39, 0.29) is 5.28 Å². The van der Waals surface area contributed by atoms with Crippen molar-refractivity contribution >= 4 is 44.8 Å². The fraction of sp³-hybridized carbons (Fsp3) is 0.250. The van der Waals surface area contributed by atoms with Gasteiger partial charge in [0.15, 0.2) is 0 Å². The second-order valence-corrected chi connectivity index (χ2v) is 7.17. The van der Waals surface area contributed by atoms with Gasteiger partial charge in [-0.1, -0.05) is 49.7 Å². The van der Waals surface area contributed by atoms with Crippen molar-refractivity contribution in [2.45, 2.75) is 26.7 Å². The molecule has 2 aromatic heterocycles. The molecule has 2 heterocycles. The smallest absolute Gasteiger partial charge is 0.207 e. The van der Waals surface area contributed by atoms with Crippen molar-refractivity contribution in [3.63, 3.8) is 0 Å². The van der Waals surface area contributed by atoms with E-state index in [4.69, 9.17) is 23.2 Å². The molecule has 3 aromatic rings. The molecule has 3 rings (SSSR count). The fourth-order valence-corrected chi connectivity index (χ4v) is 4.06. The number of fused-ring (bicyclic) bond motifs is 1. The van der Waals surface area contributed by atoms with Gasteiger partial charge in [-0.25, -0.2) is 9.97 Å². The number of rotatable bonds is 2. The first-order valence-electron chi connectivity index (χ1n) is 6.70. The third-order valence-electron chi connectivity index (χ3n) is 3.52. The lowest BCUT2D eigenvalue weighted by molar-refractivity contribution is 0.867. The van der Waals surface area contributed by atoms with Crippen LogP contribution in [0.1, 0.15) is 30.2 Å². The summed E-state index contributed by atoms with van der Waals surface area (Å²) in [5.74, 6) is 0.519. The average molecular weight is 337 g/mol. The van der Waals surface area contributed by atoms with E-state index >= 15 is 0 Å². The summed E-state index contributed by atoms with van der Waals surface area (Å²) < 4.78 is 0. The van der Waals surface area contributed by atoms with E-state index in [0.717, 1.165) is 21.3 Å². The van der Waals surface area contributed by atoms with Crippen LogP contribution in [0.15, 0.2) is 24.3 Å². The average Bonchev–Trinajstić information content (AvgIpc) is 2.75. The molecule has 108 valence electrons. The van der Waals surface area contributed by atoms with Gasteiger partial charge < -0.3 is 0 Å². The van der Waals surface area contributed by atoms with E-state index in [1.165, 1.54) is 10.4 Å². The summed E-state index contributed by atoms with van der Waals surface area (Å²) in [6.45, 7) is 6.45. The number of halogens is 2. The largest absolute Gasteiger partial charge is 0.225 e. The molecule has 0 aliphatic heterocycles. The topological polar surface area (TPSA) is 25.8 Å². The maximum absolute atomic E-state index is 6.28. The Morgan fingerprint density at radius 3 is 2.33 bits per heavy atom. The van der Waals surface area contributed by atoms with Crippen molar-refractivity contribution in [1.29, 1.82) is 0 Å². The van der Waals surface area contributed by atoms with Crippen LogP contribution in [0.3, 0.4) is 0 Å². The van der Waals surface area contributed by atoms with E-state index in [1.807, 2.05) is 0 Å². The standard InChI is InChI=1S/C16H14Cl2N2S/c1-8(2)10-4-6-11(7-5-10)12-9(3)21-15-13(12)14(17)19-16(18)20-15/h4-8H,1-3H3. The zero-order chi connectivity index (χ0) is 15.1. The quantitative estimate of drug-likeness (QED) is 0.417. The van der Waals surface area contributed by atoms with Crippen molar-refractivity contribution in [3.05, 3.63) is 45.1 Å². The van der Waals surface area contributed by atoms with E-state index in [0.29, 0.717) is 11.1 Å². The van der Waals surface area contributed by atoms with Gasteiger partial charge in [-0.3, -0.25) is 0 Å².